The number of halogens is 1. The second-order valence-electron chi connectivity index (χ2n) is 2.07. The quantitative estimate of drug-likeness (QED) is 0.492. The van der Waals surface area contributed by atoms with E-state index in [1.54, 1.807) is 0 Å². The molecule has 1 rings (SSSR count). The van der Waals surface area contributed by atoms with E-state index in [1.165, 1.54) is 0 Å². The smallest absolute Gasteiger partial charge is 0.247 e. The Hall–Kier alpha value is 0.560. The second-order valence-corrected chi connectivity index (χ2v) is 4.24. The highest BCUT2D eigenvalue weighted by Gasteiger charge is 2.29. The molecule has 1 heterocycles. The molecule has 0 amide bonds. The highest BCUT2D eigenvalue weighted by molar-refractivity contribution is 7.60. The molecule has 0 saturated carbocycles. The van der Waals surface area contributed by atoms with Gasteiger partial charge in [-0.15, -0.1) is 11.6 Å². The molecule has 1 fully saturated rings. The molecule has 1 saturated heterocycles. The Kier molecular flexibility index (Phi) is 2.90. The van der Waals surface area contributed by atoms with Gasteiger partial charge in [-0.05, 0) is 6.42 Å². The van der Waals surface area contributed by atoms with Crippen molar-refractivity contribution in [3.63, 3.8) is 0 Å². The van der Waals surface area contributed by atoms with E-state index in [0.29, 0.717) is 13.2 Å². The number of rotatable bonds is 3. The van der Waals surface area contributed by atoms with E-state index < -0.39 is 14.5 Å². The summed E-state index contributed by atoms with van der Waals surface area (Å²) in [6, 6.07) is 0. The molecule has 0 radical (unpaired) electrons. The van der Waals surface area contributed by atoms with Crippen molar-refractivity contribution in [2.24, 2.45) is 0 Å². The first-order valence-electron chi connectivity index (χ1n) is 4.33. The van der Waals surface area contributed by atoms with Crippen LogP contribution in [0.15, 0.2) is 0 Å². The lowest BCUT2D eigenvalue weighted by molar-refractivity contribution is -0.202. The summed E-state index contributed by atoms with van der Waals surface area (Å²) < 4.78 is 19.5. The van der Waals surface area contributed by atoms with Crippen molar-refractivity contribution in [2.75, 3.05) is 25.5 Å². The third-order valence-corrected chi connectivity index (χ3v) is 2.98. The minimum atomic E-state index is -3.21. The molecule has 2 N–H and O–H groups in total. The van der Waals surface area contributed by atoms with Crippen LogP contribution in [0.3, 0.4) is 0 Å². The Morgan fingerprint density at radius 1 is 1.91 bits per heavy atom. The van der Waals surface area contributed by atoms with Gasteiger partial charge in [0.25, 0.3) is 0 Å². The number of alkyl halides is 1. The first-order chi connectivity index (χ1) is 5.97. The summed E-state index contributed by atoms with van der Waals surface area (Å²) in [5.74, 6) is -0.276. The van der Waals surface area contributed by atoms with Crippen molar-refractivity contribution in [3.05, 3.63) is 0 Å². The maximum absolute atomic E-state index is 11.7. The zero-order valence-electron chi connectivity index (χ0n) is 7.97. The molecule has 66 valence electrons. The van der Waals surface area contributed by atoms with E-state index in [2.05, 4.69) is 10.2 Å². The highest BCUT2D eigenvalue weighted by atomic mass is 35.5. The van der Waals surface area contributed by atoms with Crippen LogP contribution < -0.4 is 15.1 Å². The fraction of sp³-hybridized carbons (Fsp3) is 1.00. The number of hydrogen-bond acceptors (Lipinski definition) is 4. The first kappa shape index (κ1) is 7.01. The molecule has 0 aromatic carbocycles. The fourth-order valence-electron chi connectivity index (χ4n) is 0.743. The predicted octanol–water partition coefficient (Wildman–Crippen LogP) is -0.137. The van der Waals surface area contributed by atoms with E-state index >= 15 is 0 Å². The third kappa shape index (κ3) is 3.20. The number of hydrogen-bond donors (Lipinski definition) is 2. The normalized spacial score (nSPS) is 36.2. The number of nitrogens with one attached hydrogen (secondary N) is 2. The summed E-state index contributed by atoms with van der Waals surface area (Å²) in [7, 11) is -3.21. The van der Waals surface area contributed by atoms with Crippen molar-refractivity contribution in [3.8, 4) is 0 Å². The van der Waals surface area contributed by atoms with Gasteiger partial charge in [-0.1, -0.05) is 0 Å². The summed E-state index contributed by atoms with van der Waals surface area (Å²) in [6.07, 6.45) is 0.773. The largest absolute Gasteiger partial charge is 0.626 e. The Bertz CT molecular complexity index is 180. The van der Waals surface area contributed by atoms with Crippen molar-refractivity contribution < 1.29 is 12.2 Å². The van der Waals surface area contributed by atoms with Gasteiger partial charge in [0.15, 0.2) is 0 Å². The molecule has 0 aliphatic carbocycles. The predicted molar refractivity (Wildman–Crippen MR) is 44.2 cm³/mol. The molecule has 4 nitrogen and oxygen atoms in total. The molecule has 0 aromatic heterocycles. The molecule has 1 aliphatic rings. The van der Waals surface area contributed by atoms with Crippen LogP contribution >= 0.6 is 19.6 Å². The van der Waals surface area contributed by atoms with Gasteiger partial charge >= 0.3 is 0 Å². The Labute approximate surface area is 74.7 Å². The molecular formula is C5H12ClN2O2P. The third-order valence-electron chi connectivity index (χ3n) is 1.21. The van der Waals surface area contributed by atoms with Crippen LogP contribution in [-0.2, 0) is 4.52 Å². The van der Waals surface area contributed by atoms with Crippen LogP contribution in [0, 0.1) is 0 Å². The van der Waals surface area contributed by atoms with Crippen LogP contribution in [0.25, 0.3) is 0 Å². The SMILES string of the molecule is [2H]C([2H])(CCl)N[P+]1([O-])NCCCO1. The van der Waals surface area contributed by atoms with Crippen molar-refractivity contribution in [1.82, 2.24) is 10.2 Å². The Morgan fingerprint density at radius 3 is 3.27 bits per heavy atom. The average Bonchev–Trinajstić information content (AvgIpc) is 2.04. The fourth-order valence-corrected chi connectivity index (χ4v) is 2.26. The summed E-state index contributed by atoms with van der Waals surface area (Å²) in [5.41, 5.74) is 0. The Balaban J connectivity index is 2.49. The lowest BCUT2D eigenvalue weighted by atomic mass is 10.5. The van der Waals surface area contributed by atoms with Gasteiger partial charge in [0.1, 0.15) is 0 Å². The van der Waals surface area contributed by atoms with E-state index in [0.717, 1.165) is 6.42 Å². The van der Waals surface area contributed by atoms with E-state index in [1.807, 2.05) is 0 Å². The van der Waals surface area contributed by atoms with Crippen LogP contribution in [0.5, 0.6) is 0 Å². The van der Waals surface area contributed by atoms with E-state index in [-0.39, 0.29) is 5.88 Å². The van der Waals surface area contributed by atoms with E-state index in [9.17, 15) is 4.89 Å². The molecule has 1 atom stereocenters. The minimum Gasteiger partial charge on any atom is -0.626 e. The topological polar surface area (TPSA) is 56.3 Å². The molecule has 1 aliphatic heterocycles. The molecule has 11 heavy (non-hydrogen) atoms. The standard InChI is InChI=1S/C5H12ClN2O2P/c6-2-4-8-11(9)7-3-1-5-10-11/h1-5H2,(H2,7,8,9)/i4D2. The van der Waals surface area contributed by atoms with Crippen molar-refractivity contribution in [2.45, 2.75) is 6.42 Å². The average molecular weight is 201 g/mol. The van der Waals surface area contributed by atoms with Crippen LogP contribution in [0.2, 0.25) is 0 Å². The monoisotopic (exact) mass is 200 g/mol. The summed E-state index contributed by atoms with van der Waals surface area (Å²) in [6.45, 7) is -0.945. The molecular weight excluding hydrogens is 186 g/mol. The van der Waals surface area contributed by atoms with Crippen LogP contribution in [-0.4, -0.2) is 25.5 Å². The van der Waals surface area contributed by atoms with E-state index in [4.69, 9.17) is 18.9 Å². The first-order valence-corrected chi connectivity index (χ1v) is 5.48. The summed E-state index contributed by atoms with van der Waals surface area (Å²) >= 11 is 5.33. The lowest BCUT2D eigenvalue weighted by Crippen LogP contribution is -2.42. The van der Waals surface area contributed by atoms with Gasteiger partial charge in [-0.3, -0.25) is 0 Å². The van der Waals surface area contributed by atoms with Gasteiger partial charge in [0.2, 0.25) is 8.02 Å². The van der Waals surface area contributed by atoms with Crippen LogP contribution in [0.4, 0.5) is 0 Å². The Morgan fingerprint density at radius 2 is 2.73 bits per heavy atom. The minimum absolute atomic E-state index is 0.276. The molecule has 0 spiro atoms. The van der Waals surface area contributed by atoms with Gasteiger partial charge in [-0.25, -0.2) is 4.52 Å². The van der Waals surface area contributed by atoms with Crippen LogP contribution in [0.1, 0.15) is 9.16 Å². The lowest BCUT2D eigenvalue weighted by Gasteiger charge is -2.32. The molecule has 0 bridgehead atoms. The summed E-state index contributed by atoms with van der Waals surface area (Å²) in [5, 5.41) is 4.85. The van der Waals surface area contributed by atoms with Gasteiger partial charge in [0.05, 0.1) is 6.61 Å². The highest BCUT2D eigenvalue weighted by Crippen LogP contribution is 2.43. The zero-order valence-corrected chi connectivity index (χ0v) is 7.62. The van der Waals surface area contributed by atoms with Crippen molar-refractivity contribution in [1.29, 1.82) is 0 Å². The van der Waals surface area contributed by atoms with Gasteiger partial charge < -0.3 is 4.89 Å². The summed E-state index contributed by atoms with van der Waals surface area (Å²) in [4.78, 5) is 11.7. The molecule has 0 aromatic rings. The van der Waals surface area contributed by atoms with Crippen molar-refractivity contribution >= 4 is 19.6 Å². The second kappa shape index (κ2) is 4.55. The maximum Gasteiger partial charge on any atom is 0.247 e. The molecule has 1 unspecified atom stereocenters. The zero-order chi connectivity index (χ0) is 9.95. The van der Waals surface area contributed by atoms with Gasteiger partial charge in [-0.2, -0.15) is 10.2 Å². The van der Waals surface area contributed by atoms with Gasteiger partial charge in [0, 0.05) is 21.7 Å². The maximum atomic E-state index is 11.7. The molecule has 6 heteroatoms.